The Labute approximate surface area is 110 Å². The van der Waals surface area contributed by atoms with Crippen molar-refractivity contribution in [2.45, 2.75) is 30.1 Å². The van der Waals surface area contributed by atoms with Crippen LogP contribution in [0.1, 0.15) is 29.9 Å². The fourth-order valence-electron chi connectivity index (χ4n) is 2.33. The van der Waals surface area contributed by atoms with E-state index < -0.39 is 9.05 Å². The van der Waals surface area contributed by atoms with Crippen molar-refractivity contribution in [3.63, 3.8) is 0 Å². The summed E-state index contributed by atoms with van der Waals surface area (Å²) >= 11 is 0. The van der Waals surface area contributed by atoms with Gasteiger partial charge in [-0.15, -0.1) is 0 Å². The largest absolute Gasteiger partial charge is 0.469 e. The zero-order valence-electron chi connectivity index (χ0n) is 9.85. The van der Waals surface area contributed by atoms with Gasteiger partial charge in [0.1, 0.15) is 0 Å². The van der Waals surface area contributed by atoms with E-state index in [1.165, 1.54) is 13.2 Å². The lowest BCUT2D eigenvalue weighted by Gasteiger charge is -2.10. The summed E-state index contributed by atoms with van der Waals surface area (Å²) < 4.78 is 27.1. The number of methoxy groups -OCH3 is 1. The van der Waals surface area contributed by atoms with Crippen molar-refractivity contribution in [2.24, 2.45) is 0 Å². The van der Waals surface area contributed by atoms with Gasteiger partial charge in [0.25, 0.3) is 9.05 Å². The van der Waals surface area contributed by atoms with E-state index in [1.807, 2.05) is 0 Å². The molecule has 0 fully saturated rings. The Morgan fingerprint density at radius 2 is 2.22 bits per heavy atom. The molecule has 4 nitrogen and oxygen atoms in total. The molecule has 18 heavy (non-hydrogen) atoms. The van der Waals surface area contributed by atoms with Crippen LogP contribution in [0.15, 0.2) is 23.1 Å². The van der Waals surface area contributed by atoms with Gasteiger partial charge in [0.15, 0.2) is 0 Å². The third-order valence-electron chi connectivity index (χ3n) is 3.24. The van der Waals surface area contributed by atoms with Crippen LogP contribution >= 0.6 is 10.7 Å². The minimum Gasteiger partial charge on any atom is -0.469 e. The highest BCUT2D eigenvalue weighted by Gasteiger charge is 2.26. The van der Waals surface area contributed by atoms with Crippen LogP contribution in [0.4, 0.5) is 0 Å². The molecule has 0 spiro atoms. The molecule has 1 aromatic rings. The first-order chi connectivity index (χ1) is 8.41. The Morgan fingerprint density at radius 3 is 2.83 bits per heavy atom. The highest BCUT2D eigenvalue weighted by atomic mass is 35.7. The summed E-state index contributed by atoms with van der Waals surface area (Å²) in [6.07, 6.45) is 1.92. The van der Waals surface area contributed by atoms with Crippen molar-refractivity contribution < 1.29 is 17.9 Å². The summed E-state index contributed by atoms with van der Waals surface area (Å²) in [5.41, 5.74) is 1.97. The summed E-state index contributed by atoms with van der Waals surface area (Å²) in [5, 5.41) is 0. The van der Waals surface area contributed by atoms with E-state index in [1.54, 1.807) is 12.1 Å². The predicted octanol–water partition coefficient (Wildman–Crippen LogP) is 2.21. The number of fused-ring (bicyclic) bond motifs is 1. The third kappa shape index (κ3) is 2.67. The number of benzene rings is 1. The molecule has 98 valence electrons. The molecule has 1 aromatic carbocycles. The molecule has 1 atom stereocenters. The van der Waals surface area contributed by atoms with E-state index in [2.05, 4.69) is 4.74 Å². The maximum Gasteiger partial charge on any atom is 0.306 e. The van der Waals surface area contributed by atoms with Gasteiger partial charge in [-0.2, -0.15) is 0 Å². The molecule has 0 saturated heterocycles. The van der Waals surface area contributed by atoms with Crippen LogP contribution in [-0.2, 0) is 25.0 Å². The van der Waals surface area contributed by atoms with Crippen LogP contribution in [0.3, 0.4) is 0 Å². The standard InChI is InChI=1S/C12H13ClO4S/c1-17-12(14)7-9-3-2-8-6-10(18(13,15)16)4-5-11(8)9/h4-6,9H,2-3,7H2,1H3. The Hall–Kier alpha value is -1.07. The molecule has 1 aliphatic rings. The van der Waals surface area contributed by atoms with E-state index in [-0.39, 0.29) is 16.8 Å². The Bertz CT molecular complexity index is 580. The summed E-state index contributed by atoms with van der Waals surface area (Å²) in [6.45, 7) is 0. The monoisotopic (exact) mass is 288 g/mol. The Morgan fingerprint density at radius 1 is 1.50 bits per heavy atom. The van der Waals surface area contributed by atoms with Gasteiger partial charge >= 0.3 is 5.97 Å². The molecule has 6 heteroatoms. The van der Waals surface area contributed by atoms with Gasteiger partial charge < -0.3 is 4.74 Å². The summed E-state index contributed by atoms with van der Waals surface area (Å²) in [7, 11) is 2.97. The van der Waals surface area contributed by atoms with E-state index in [0.717, 1.165) is 24.0 Å². The number of carbonyl (C=O) groups excluding carboxylic acids is 1. The average molecular weight is 289 g/mol. The molecule has 0 heterocycles. The SMILES string of the molecule is COC(=O)CC1CCc2cc(S(=O)(=O)Cl)ccc21. The van der Waals surface area contributed by atoms with Crippen LogP contribution in [0.25, 0.3) is 0 Å². The predicted molar refractivity (Wildman–Crippen MR) is 67.2 cm³/mol. The van der Waals surface area contributed by atoms with Gasteiger partial charge in [0, 0.05) is 10.7 Å². The molecule has 0 aromatic heterocycles. The molecule has 2 rings (SSSR count). The average Bonchev–Trinajstić information content (AvgIpc) is 2.70. The van der Waals surface area contributed by atoms with Crippen molar-refractivity contribution in [1.82, 2.24) is 0 Å². The molecular formula is C12H13ClO4S. The van der Waals surface area contributed by atoms with Crippen molar-refractivity contribution in [3.05, 3.63) is 29.3 Å². The summed E-state index contributed by atoms with van der Waals surface area (Å²) in [5.74, 6) is -0.138. The molecule has 0 bridgehead atoms. The first-order valence-electron chi connectivity index (χ1n) is 5.56. The number of carbonyl (C=O) groups is 1. The number of hydrogen-bond acceptors (Lipinski definition) is 4. The lowest BCUT2D eigenvalue weighted by atomic mass is 9.98. The second-order valence-corrected chi connectivity index (χ2v) is 6.88. The van der Waals surface area contributed by atoms with Gasteiger partial charge in [-0.3, -0.25) is 4.79 Å². The molecule has 0 saturated carbocycles. The molecule has 0 radical (unpaired) electrons. The number of hydrogen-bond donors (Lipinski definition) is 0. The first kappa shape index (κ1) is 13.4. The van der Waals surface area contributed by atoms with Gasteiger partial charge in [0.05, 0.1) is 18.4 Å². The van der Waals surface area contributed by atoms with Gasteiger partial charge in [0.2, 0.25) is 0 Å². The maximum atomic E-state index is 11.3. The van der Waals surface area contributed by atoms with Crippen LogP contribution in [-0.4, -0.2) is 21.5 Å². The number of rotatable bonds is 3. The summed E-state index contributed by atoms with van der Waals surface area (Å²) in [4.78, 5) is 11.4. The minimum absolute atomic E-state index is 0.111. The third-order valence-corrected chi connectivity index (χ3v) is 4.59. The van der Waals surface area contributed by atoms with Crippen molar-refractivity contribution in [3.8, 4) is 0 Å². The normalized spacial score (nSPS) is 18.4. The van der Waals surface area contributed by atoms with E-state index in [0.29, 0.717) is 6.42 Å². The molecule has 1 unspecified atom stereocenters. The van der Waals surface area contributed by atoms with Gasteiger partial charge in [-0.05, 0) is 42.0 Å². The highest BCUT2D eigenvalue weighted by molar-refractivity contribution is 8.13. The second-order valence-electron chi connectivity index (χ2n) is 4.31. The van der Waals surface area contributed by atoms with Crippen LogP contribution < -0.4 is 0 Å². The smallest absolute Gasteiger partial charge is 0.306 e. The fourth-order valence-corrected chi connectivity index (χ4v) is 3.13. The lowest BCUT2D eigenvalue weighted by Crippen LogP contribution is -2.06. The van der Waals surface area contributed by atoms with Crippen LogP contribution in [0, 0.1) is 0 Å². The first-order valence-corrected chi connectivity index (χ1v) is 7.87. The Balaban J connectivity index is 2.28. The van der Waals surface area contributed by atoms with Crippen molar-refractivity contribution in [1.29, 1.82) is 0 Å². The second kappa shape index (κ2) is 4.90. The zero-order chi connectivity index (χ0) is 13.3. The van der Waals surface area contributed by atoms with Crippen molar-refractivity contribution in [2.75, 3.05) is 7.11 Å². The maximum absolute atomic E-state index is 11.3. The zero-order valence-corrected chi connectivity index (χ0v) is 11.4. The van der Waals surface area contributed by atoms with Crippen molar-refractivity contribution >= 4 is 25.7 Å². The topological polar surface area (TPSA) is 60.4 Å². The van der Waals surface area contributed by atoms with Gasteiger partial charge in [-0.1, -0.05) is 6.07 Å². The van der Waals surface area contributed by atoms with Crippen LogP contribution in [0.2, 0.25) is 0 Å². The fraction of sp³-hybridized carbons (Fsp3) is 0.417. The van der Waals surface area contributed by atoms with E-state index in [4.69, 9.17) is 10.7 Å². The van der Waals surface area contributed by atoms with Gasteiger partial charge in [-0.25, -0.2) is 8.42 Å². The molecule has 0 aliphatic heterocycles. The number of esters is 1. The number of aryl methyl sites for hydroxylation is 1. The number of ether oxygens (including phenoxy) is 1. The highest BCUT2D eigenvalue weighted by Crippen LogP contribution is 2.37. The minimum atomic E-state index is -3.69. The van der Waals surface area contributed by atoms with E-state index in [9.17, 15) is 13.2 Å². The molecule has 0 N–H and O–H groups in total. The number of halogens is 1. The van der Waals surface area contributed by atoms with Crippen LogP contribution in [0.5, 0.6) is 0 Å². The molecule has 1 aliphatic carbocycles. The van der Waals surface area contributed by atoms with E-state index >= 15 is 0 Å². The Kier molecular flexibility index (Phi) is 3.64. The molecular weight excluding hydrogens is 276 g/mol. The molecule has 0 amide bonds. The lowest BCUT2D eigenvalue weighted by molar-refractivity contribution is -0.141. The quantitative estimate of drug-likeness (QED) is 0.632. The summed E-state index contributed by atoms with van der Waals surface area (Å²) in [6, 6.07) is 4.82.